The highest BCUT2D eigenvalue weighted by molar-refractivity contribution is 7.71. The Labute approximate surface area is 140 Å². The minimum Gasteiger partial charge on any atom is -0.481 e. The van der Waals surface area contributed by atoms with Crippen LogP contribution < -0.4 is 22.5 Å². The van der Waals surface area contributed by atoms with Crippen LogP contribution in [0.15, 0.2) is 32.8 Å². The molecule has 0 fully saturated rings. The lowest BCUT2D eigenvalue weighted by Crippen LogP contribution is -2.39. The van der Waals surface area contributed by atoms with Gasteiger partial charge in [-0.3, -0.25) is 23.9 Å². The third-order valence-corrected chi connectivity index (χ3v) is 3.21. The Morgan fingerprint density at radius 2 is 2.04 bits per heavy atom. The van der Waals surface area contributed by atoms with E-state index in [0.29, 0.717) is 10.3 Å². The summed E-state index contributed by atoms with van der Waals surface area (Å²) in [6.07, 6.45) is 2.79. The van der Waals surface area contributed by atoms with Crippen molar-refractivity contribution in [2.45, 2.75) is 13.5 Å². The second-order valence-corrected chi connectivity index (χ2v) is 5.17. The number of aliphatic carboxylic acids is 1. The molecule has 0 radical (unpaired) electrons. The molecule has 11 heteroatoms. The zero-order valence-corrected chi connectivity index (χ0v) is 13.6. The normalized spacial score (nSPS) is 11.2. The maximum absolute atomic E-state index is 11.2. The Bertz CT molecular complexity index is 897. The monoisotopic (exact) mass is 355 g/mol. The summed E-state index contributed by atoms with van der Waals surface area (Å²) in [7, 11) is 0. The van der Waals surface area contributed by atoms with E-state index in [2.05, 4.69) is 27.2 Å². The van der Waals surface area contributed by atoms with Crippen molar-refractivity contribution in [3.05, 3.63) is 60.0 Å². The number of carboxylic acids is 1. The standard InChI is InChI=1S/C8H11N3O4.C5H6N2OS/c9-3-5(7(13)14)4-11-6(12)1-2-10-8(11)15;1-3-2-6-5(9)7-4(3)8/h1-2,5H,3-4,9H2,(H,10,15)(H,13,14);2H,1H3,(H2,6,7,8,9). The van der Waals surface area contributed by atoms with Crippen molar-refractivity contribution in [1.29, 1.82) is 0 Å². The molecule has 2 aromatic rings. The number of aromatic amines is 3. The highest BCUT2D eigenvalue weighted by Crippen LogP contribution is 1.95. The Morgan fingerprint density at radius 3 is 2.50 bits per heavy atom. The number of carboxylic acid groups (broad SMARTS) is 1. The number of hydrogen-bond acceptors (Lipinski definition) is 6. The molecule has 0 amide bonds. The molecule has 2 aromatic heterocycles. The lowest BCUT2D eigenvalue weighted by Gasteiger charge is -2.09. The maximum atomic E-state index is 11.2. The van der Waals surface area contributed by atoms with Gasteiger partial charge < -0.3 is 20.8 Å². The fraction of sp³-hybridized carbons (Fsp3) is 0.308. The fourth-order valence-electron chi connectivity index (χ4n) is 1.58. The highest BCUT2D eigenvalue weighted by atomic mass is 32.1. The number of nitrogens with two attached hydrogens (primary N) is 1. The van der Waals surface area contributed by atoms with Crippen LogP contribution in [0.25, 0.3) is 0 Å². The SMILES string of the molecule is Cc1c[nH]c(=S)[nH]c1=O.NCC(Cn1c(=O)cc[nH]c1=O)C(=O)O. The molecule has 0 aliphatic rings. The van der Waals surface area contributed by atoms with Gasteiger partial charge in [-0.1, -0.05) is 0 Å². The van der Waals surface area contributed by atoms with Gasteiger partial charge >= 0.3 is 11.7 Å². The van der Waals surface area contributed by atoms with Crippen molar-refractivity contribution in [2.75, 3.05) is 6.54 Å². The second-order valence-electron chi connectivity index (χ2n) is 4.76. The van der Waals surface area contributed by atoms with Gasteiger partial charge in [0.05, 0.1) is 5.92 Å². The van der Waals surface area contributed by atoms with Crippen LogP contribution in [-0.4, -0.2) is 37.1 Å². The van der Waals surface area contributed by atoms with Crippen LogP contribution in [0.4, 0.5) is 0 Å². The topological polar surface area (TPSA) is 167 Å². The first-order valence-corrected chi connectivity index (χ1v) is 7.17. The van der Waals surface area contributed by atoms with Crippen molar-refractivity contribution < 1.29 is 9.90 Å². The summed E-state index contributed by atoms with van der Waals surface area (Å²) < 4.78 is 1.18. The Morgan fingerprint density at radius 1 is 1.38 bits per heavy atom. The minimum absolute atomic E-state index is 0.126. The molecule has 2 heterocycles. The van der Waals surface area contributed by atoms with Gasteiger partial charge in [0.2, 0.25) is 0 Å². The first-order valence-electron chi connectivity index (χ1n) is 6.76. The summed E-state index contributed by atoms with van der Waals surface area (Å²) in [5.41, 5.74) is 4.55. The van der Waals surface area contributed by atoms with Gasteiger partial charge in [0.15, 0.2) is 4.77 Å². The molecular weight excluding hydrogens is 338 g/mol. The molecule has 2 rings (SSSR count). The van der Waals surface area contributed by atoms with E-state index in [1.54, 1.807) is 13.1 Å². The molecule has 0 aliphatic carbocycles. The fourth-order valence-corrected chi connectivity index (χ4v) is 1.73. The predicted molar refractivity (Wildman–Crippen MR) is 88.5 cm³/mol. The Kier molecular flexibility index (Phi) is 7.01. The number of aryl methyl sites for hydroxylation is 1. The van der Waals surface area contributed by atoms with Gasteiger partial charge in [-0.25, -0.2) is 4.79 Å². The third-order valence-electron chi connectivity index (χ3n) is 2.99. The molecule has 1 atom stereocenters. The quantitative estimate of drug-likeness (QED) is 0.435. The van der Waals surface area contributed by atoms with Gasteiger partial charge in [0.25, 0.3) is 11.1 Å². The van der Waals surface area contributed by atoms with E-state index >= 15 is 0 Å². The number of H-pyrrole nitrogens is 3. The van der Waals surface area contributed by atoms with E-state index in [0.717, 1.165) is 10.6 Å². The summed E-state index contributed by atoms with van der Waals surface area (Å²) in [5.74, 6) is -2.07. The third kappa shape index (κ3) is 5.44. The van der Waals surface area contributed by atoms with Crippen molar-refractivity contribution in [1.82, 2.24) is 19.5 Å². The van der Waals surface area contributed by atoms with Crippen LogP contribution in [0.3, 0.4) is 0 Å². The molecule has 1 unspecified atom stereocenters. The van der Waals surface area contributed by atoms with Crippen LogP contribution in [0.5, 0.6) is 0 Å². The molecule has 0 saturated carbocycles. The van der Waals surface area contributed by atoms with E-state index in [9.17, 15) is 19.2 Å². The Hall–Kier alpha value is -2.79. The lowest BCUT2D eigenvalue weighted by molar-refractivity contribution is -0.141. The molecule has 0 spiro atoms. The number of rotatable bonds is 4. The molecule has 0 bridgehead atoms. The van der Waals surface area contributed by atoms with Crippen LogP contribution in [0.2, 0.25) is 0 Å². The zero-order chi connectivity index (χ0) is 18.3. The summed E-state index contributed by atoms with van der Waals surface area (Å²) >= 11 is 4.65. The van der Waals surface area contributed by atoms with Crippen LogP contribution >= 0.6 is 12.2 Å². The van der Waals surface area contributed by atoms with Gasteiger partial charge in [0.1, 0.15) is 0 Å². The summed E-state index contributed by atoms with van der Waals surface area (Å²) in [4.78, 5) is 51.2. The van der Waals surface area contributed by atoms with Crippen LogP contribution in [-0.2, 0) is 11.3 Å². The number of nitrogens with one attached hydrogen (secondary N) is 3. The van der Waals surface area contributed by atoms with Crippen LogP contribution in [0, 0.1) is 17.6 Å². The van der Waals surface area contributed by atoms with E-state index < -0.39 is 23.1 Å². The molecule has 130 valence electrons. The lowest BCUT2D eigenvalue weighted by atomic mass is 10.1. The van der Waals surface area contributed by atoms with Crippen molar-refractivity contribution >= 4 is 18.2 Å². The summed E-state index contributed by atoms with van der Waals surface area (Å²) in [5, 5.41) is 8.71. The average Bonchev–Trinajstić information content (AvgIpc) is 2.51. The van der Waals surface area contributed by atoms with Crippen molar-refractivity contribution in [2.24, 2.45) is 11.7 Å². The largest absolute Gasteiger partial charge is 0.481 e. The maximum Gasteiger partial charge on any atom is 0.328 e. The number of hydrogen-bond donors (Lipinski definition) is 5. The van der Waals surface area contributed by atoms with Gasteiger partial charge in [0, 0.05) is 37.1 Å². The number of aromatic nitrogens is 4. The summed E-state index contributed by atoms with van der Waals surface area (Å²) in [6.45, 7) is 1.36. The molecule has 0 saturated heterocycles. The smallest absolute Gasteiger partial charge is 0.328 e. The molecular formula is C13H17N5O5S. The Balaban J connectivity index is 0.000000272. The average molecular weight is 355 g/mol. The predicted octanol–water partition coefficient (Wildman–Crippen LogP) is -1.06. The van der Waals surface area contributed by atoms with Crippen molar-refractivity contribution in [3.63, 3.8) is 0 Å². The molecule has 0 aliphatic heterocycles. The molecule has 10 nitrogen and oxygen atoms in total. The molecule has 24 heavy (non-hydrogen) atoms. The van der Waals surface area contributed by atoms with Crippen molar-refractivity contribution in [3.8, 4) is 0 Å². The number of nitrogens with zero attached hydrogens (tertiary/aromatic N) is 1. The molecule has 6 N–H and O–H groups in total. The second kappa shape index (κ2) is 8.74. The summed E-state index contributed by atoms with van der Waals surface area (Å²) in [6, 6.07) is 1.15. The number of carbonyl (C=O) groups is 1. The first-order chi connectivity index (χ1) is 11.3. The minimum atomic E-state index is -1.13. The first kappa shape index (κ1) is 19.3. The van der Waals surface area contributed by atoms with Gasteiger partial charge in [-0.05, 0) is 19.1 Å². The van der Waals surface area contributed by atoms with E-state index in [-0.39, 0.29) is 18.6 Å². The van der Waals surface area contributed by atoms with Crippen LogP contribution in [0.1, 0.15) is 5.56 Å². The van der Waals surface area contributed by atoms with Gasteiger partial charge in [-0.15, -0.1) is 0 Å². The highest BCUT2D eigenvalue weighted by Gasteiger charge is 2.17. The van der Waals surface area contributed by atoms with Gasteiger partial charge in [-0.2, -0.15) is 0 Å². The van der Waals surface area contributed by atoms with E-state index in [1.165, 1.54) is 6.20 Å². The zero-order valence-electron chi connectivity index (χ0n) is 12.7. The van der Waals surface area contributed by atoms with E-state index in [4.69, 9.17) is 10.8 Å². The van der Waals surface area contributed by atoms with E-state index in [1.807, 2.05) is 0 Å². The molecule has 0 aromatic carbocycles.